The van der Waals surface area contributed by atoms with Gasteiger partial charge in [0.2, 0.25) is 9.84 Å². The summed E-state index contributed by atoms with van der Waals surface area (Å²) in [6.07, 6.45) is 0. The summed E-state index contributed by atoms with van der Waals surface area (Å²) in [5, 5.41) is 3.11. The van der Waals surface area contributed by atoms with Gasteiger partial charge in [0.1, 0.15) is 6.54 Å². The van der Waals surface area contributed by atoms with Gasteiger partial charge in [-0.15, -0.1) is 0 Å². The molecule has 5 nitrogen and oxygen atoms in total. The van der Waals surface area contributed by atoms with Gasteiger partial charge in [-0.25, -0.2) is 8.42 Å². The van der Waals surface area contributed by atoms with Crippen molar-refractivity contribution in [2.24, 2.45) is 0 Å². The first-order valence-corrected chi connectivity index (χ1v) is 9.29. The van der Waals surface area contributed by atoms with E-state index in [1.165, 1.54) is 24.3 Å². The molecular weight excluding hydrogens is 373 g/mol. The minimum atomic E-state index is -3.91. The van der Waals surface area contributed by atoms with Crippen molar-refractivity contribution >= 4 is 44.7 Å². The fraction of sp³-hybridized carbons (Fsp3) is 0.188. The zero-order valence-electron chi connectivity index (χ0n) is 12.8. The largest absolute Gasteiger partial charge is 0.465 e. The Hall–Kier alpha value is -1.76. The van der Waals surface area contributed by atoms with Crippen molar-refractivity contribution in [1.29, 1.82) is 0 Å². The van der Waals surface area contributed by atoms with Crippen molar-refractivity contribution in [3.8, 4) is 0 Å². The van der Waals surface area contributed by atoms with Crippen LogP contribution in [0.15, 0.2) is 52.3 Å². The molecule has 0 fully saturated rings. The monoisotopic (exact) mass is 387 g/mol. The highest BCUT2D eigenvalue weighted by atomic mass is 35.5. The molecule has 0 bridgehead atoms. The van der Waals surface area contributed by atoms with Crippen LogP contribution in [0.25, 0.3) is 0 Å². The number of halogens is 2. The summed E-state index contributed by atoms with van der Waals surface area (Å²) in [4.78, 5) is 11.4. The van der Waals surface area contributed by atoms with Gasteiger partial charge < -0.3 is 10.1 Å². The number of hydrogen-bond acceptors (Lipinski definition) is 5. The van der Waals surface area contributed by atoms with Gasteiger partial charge in [-0.3, -0.25) is 4.79 Å². The maximum atomic E-state index is 12.9. The number of nitrogens with one attached hydrogen (secondary N) is 1. The van der Waals surface area contributed by atoms with E-state index in [2.05, 4.69) is 5.32 Å². The number of benzene rings is 2. The van der Waals surface area contributed by atoms with Crippen LogP contribution in [0, 0.1) is 0 Å². The molecule has 24 heavy (non-hydrogen) atoms. The molecule has 0 saturated carbocycles. The average Bonchev–Trinajstić information content (AvgIpc) is 2.55. The van der Waals surface area contributed by atoms with Gasteiger partial charge in [0.15, 0.2) is 0 Å². The van der Waals surface area contributed by atoms with Crippen LogP contribution in [-0.2, 0) is 19.4 Å². The number of carbonyl (C=O) groups excluding carboxylic acids is 1. The van der Waals surface area contributed by atoms with Gasteiger partial charge in [0.25, 0.3) is 0 Å². The summed E-state index contributed by atoms with van der Waals surface area (Å²) < 4.78 is 30.6. The fourth-order valence-electron chi connectivity index (χ4n) is 2.03. The zero-order chi connectivity index (χ0) is 17.7. The molecule has 0 saturated heterocycles. The SMILES string of the molecule is CCOC(=O)CNc1ccccc1S(=O)(=O)c1cc(Cl)ccc1Cl. The van der Waals surface area contributed by atoms with Crippen molar-refractivity contribution in [2.45, 2.75) is 16.7 Å². The van der Waals surface area contributed by atoms with E-state index in [0.29, 0.717) is 0 Å². The molecule has 0 aliphatic carbocycles. The van der Waals surface area contributed by atoms with Crippen LogP contribution in [0.1, 0.15) is 6.92 Å². The van der Waals surface area contributed by atoms with E-state index >= 15 is 0 Å². The summed E-state index contributed by atoms with van der Waals surface area (Å²) in [7, 11) is -3.91. The fourth-order valence-corrected chi connectivity index (χ4v) is 4.22. The molecule has 128 valence electrons. The molecule has 8 heteroatoms. The number of hydrogen-bond donors (Lipinski definition) is 1. The number of rotatable bonds is 6. The predicted octanol–water partition coefficient (Wildman–Crippen LogP) is 3.80. The molecule has 0 aliphatic heterocycles. The topological polar surface area (TPSA) is 72.5 Å². The molecule has 0 heterocycles. The van der Waals surface area contributed by atoms with Crippen LogP contribution in [0.3, 0.4) is 0 Å². The van der Waals surface area contributed by atoms with Crippen LogP contribution in [0.2, 0.25) is 10.0 Å². The minimum absolute atomic E-state index is 0.00142. The van der Waals surface area contributed by atoms with Gasteiger partial charge in [0.05, 0.1) is 27.1 Å². The van der Waals surface area contributed by atoms with Crippen LogP contribution in [0.4, 0.5) is 5.69 Å². The molecule has 0 aromatic heterocycles. The lowest BCUT2D eigenvalue weighted by Gasteiger charge is -2.13. The normalized spacial score (nSPS) is 11.1. The van der Waals surface area contributed by atoms with E-state index in [9.17, 15) is 13.2 Å². The third kappa shape index (κ3) is 4.20. The van der Waals surface area contributed by atoms with Crippen molar-refractivity contribution in [1.82, 2.24) is 0 Å². The molecule has 0 unspecified atom stereocenters. The average molecular weight is 388 g/mol. The van der Waals surface area contributed by atoms with E-state index in [0.717, 1.165) is 0 Å². The summed E-state index contributed by atoms with van der Waals surface area (Å²) in [5.74, 6) is -0.481. The molecule has 0 atom stereocenters. The van der Waals surface area contributed by atoms with Crippen molar-refractivity contribution in [3.63, 3.8) is 0 Å². The van der Waals surface area contributed by atoms with Crippen molar-refractivity contribution < 1.29 is 17.9 Å². The second kappa shape index (κ2) is 7.88. The van der Waals surface area contributed by atoms with Gasteiger partial charge in [-0.2, -0.15) is 0 Å². The highest BCUT2D eigenvalue weighted by molar-refractivity contribution is 7.91. The van der Waals surface area contributed by atoms with E-state index in [-0.39, 0.29) is 38.7 Å². The molecule has 0 amide bonds. The lowest BCUT2D eigenvalue weighted by atomic mass is 10.3. The summed E-state index contributed by atoms with van der Waals surface area (Å²) in [6.45, 7) is 1.79. The lowest BCUT2D eigenvalue weighted by molar-refractivity contribution is -0.140. The number of carbonyl (C=O) groups is 1. The van der Waals surface area contributed by atoms with Gasteiger partial charge in [0, 0.05) is 5.02 Å². The van der Waals surface area contributed by atoms with E-state index in [4.69, 9.17) is 27.9 Å². The van der Waals surface area contributed by atoms with Crippen LogP contribution in [0.5, 0.6) is 0 Å². The highest BCUT2D eigenvalue weighted by Crippen LogP contribution is 2.33. The first kappa shape index (κ1) is 18.6. The Labute approximate surface area is 150 Å². The van der Waals surface area contributed by atoms with Gasteiger partial charge >= 0.3 is 5.97 Å². The highest BCUT2D eigenvalue weighted by Gasteiger charge is 2.24. The standard InChI is InChI=1S/C16H15Cl2NO4S/c1-2-23-16(20)10-19-13-5-3-4-6-14(13)24(21,22)15-9-11(17)7-8-12(15)18/h3-9,19H,2,10H2,1H3. The maximum Gasteiger partial charge on any atom is 0.325 e. The molecule has 0 aliphatic rings. The van der Waals surface area contributed by atoms with E-state index in [1.54, 1.807) is 25.1 Å². The molecule has 2 rings (SSSR count). The van der Waals surface area contributed by atoms with E-state index < -0.39 is 15.8 Å². The molecule has 1 N–H and O–H groups in total. The number of sulfone groups is 1. The quantitative estimate of drug-likeness (QED) is 0.763. The van der Waals surface area contributed by atoms with Crippen LogP contribution >= 0.6 is 23.2 Å². The Morgan fingerprint density at radius 1 is 1.12 bits per heavy atom. The first-order valence-electron chi connectivity index (χ1n) is 7.05. The zero-order valence-corrected chi connectivity index (χ0v) is 15.1. The summed E-state index contributed by atoms with van der Waals surface area (Å²) in [5.41, 5.74) is 0.279. The predicted molar refractivity (Wildman–Crippen MR) is 93.5 cm³/mol. The number of ether oxygens (including phenoxy) is 1. The molecule has 2 aromatic rings. The number of esters is 1. The Kier molecular flexibility index (Phi) is 6.10. The first-order chi connectivity index (χ1) is 11.4. The molecule has 2 aromatic carbocycles. The van der Waals surface area contributed by atoms with Gasteiger partial charge in [-0.1, -0.05) is 35.3 Å². The molecule has 0 radical (unpaired) electrons. The number of para-hydroxylation sites is 1. The Bertz CT molecular complexity index is 853. The number of anilines is 1. The van der Waals surface area contributed by atoms with Crippen molar-refractivity contribution in [3.05, 3.63) is 52.5 Å². The smallest absolute Gasteiger partial charge is 0.325 e. The summed E-state index contributed by atoms with van der Waals surface area (Å²) >= 11 is 11.9. The lowest BCUT2D eigenvalue weighted by Crippen LogP contribution is -2.18. The van der Waals surface area contributed by atoms with Crippen LogP contribution in [-0.4, -0.2) is 27.5 Å². The van der Waals surface area contributed by atoms with Crippen LogP contribution < -0.4 is 5.32 Å². The van der Waals surface area contributed by atoms with Crippen molar-refractivity contribution in [2.75, 3.05) is 18.5 Å². The molecule has 0 spiro atoms. The molecular formula is C16H15Cl2NO4S. The second-order valence-electron chi connectivity index (χ2n) is 4.73. The third-order valence-electron chi connectivity index (χ3n) is 3.09. The minimum Gasteiger partial charge on any atom is -0.465 e. The third-order valence-corrected chi connectivity index (χ3v) is 5.62. The summed E-state index contributed by atoms with van der Waals surface area (Å²) in [6, 6.07) is 10.5. The van der Waals surface area contributed by atoms with E-state index in [1.807, 2.05) is 0 Å². The van der Waals surface area contributed by atoms with Gasteiger partial charge in [-0.05, 0) is 37.3 Å². The Balaban J connectivity index is 2.41. The Morgan fingerprint density at radius 2 is 1.83 bits per heavy atom. The second-order valence-corrected chi connectivity index (χ2v) is 7.46. The Morgan fingerprint density at radius 3 is 2.54 bits per heavy atom. The maximum absolute atomic E-state index is 12.9.